The van der Waals surface area contributed by atoms with Crippen molar-refractivity contribution < 1.29 is 13.2 Å². The highest BCUT2D eigenvalue weighted by atomic mass is 35.5. The molecule has 0 amide bonds. The van der Waals surface area contributed by atoms with Crippen molar-refractivity contribution in [2.24, 2.45) is 0 Å². The summed E-state index contributed by atoms with van der Waals surface area (Å²) in [4.78, 5) is 11.2. The Balaban J connectivity index is 1.47. The molecule has 1 aliphatic rings. The molecule has 0 bridgehead atoms. The summed E-state index contributed by atoms with van der Waals surface area (Å²) < 4.78 is 34.6. The Morgan fingerprint density at radius 1 is 1.03 bits per heavy atom. The first-order valence-electron chi connectivity index (χ1n) is 10.9. The number of sulfonamides is 1. The predicted molar refractivity (Wildman–Crippen MR) is 135 cm³/mol. The number of rotatable bonds is 5. The molecular weight excluding hydrogens is 472 g/mol. The van der Waals surface area contributed by atoms with Crippen LogP contribution in [0.2, 0.25) is 5.02 Å². The summed E-state index contributed by atoms with van der Waals surface area (Å²) in [5, 5.41) is 2.32. The van der Waals surface area contributed by atoms with E-state index in [1.54, 1.807) is 24.5 Å². The lowest BCUT2D eigenvalue weighted by Crippen LogP contribution is -2.36. The average molecular weight is 495 g/mol. The molecular formula is C25H23ClN4O3S. The van der Waals surface area contributed by atoms with Crippen molar-refractivity contribution in [1.82, 2.24) is 9.97 Å². The van der Waals surface area contributed by atoms with Crippen LogP contribution in [0.1, 0.15) is 5.56 Å². The van der Waals surface area contributed by atoms with Crippen LogP contribution in [-0.4, -0.2) is 44.7 Å². The second kappa shape index (κ2) is 9.21. The molecule has 3 heterocycles. The molecule has 0 unspecified atom stereocenters. The van der Waals surface area contributed by atoms with Gasteiger partial charge in [0.05, 0.1) is 40.7 Å². The standard InChI is InChI=1S/C25H23ClN4O3S/c1-17-14-24(30-10-12-33-13-11-30)28-16-23(17)29-34(31,32)19-6-7-22(26)21(15-19)25-20-5-3-2-4-18(20)8-9-27-25/h2-9,14-16,29H,10-13H2,1H3. The van der Waals surface area contributed by atoms with Gasteiger partial charge in [-0.1, -0.05) is 35.9 Å². The van der Waals surface area contributed by atoms with Crippen molar-refractivity contribution in [3.8, 4) is 11.3 Å². The van der Waals surface area contributed by atoms with Gasteiger partial charge in [-0.25, -0.2) is 13.4 Å². The van der Waals surface area contributed by atoms with Gasteiger partial charge in [0.2, 0.25) is 0 Å². The maximum atomic E-state index is 13.3. The minimum absolute atomic E-state index is 0.0956. The molecule has 9 heteroatoms. The molecule has 1 N–H and O–H groups in total. The molecule has 1 saturated heterocycles. The molecule has 0 spiro atoms. The van der Waals surface area contributed by atoms with Crippen LogP contribution < -0.4 is 9.62 Å². The van der Waals surface area contributed by atoms with Crippen molar-refractivity contribution in [3.63, 3.8) is 0 Å². The van der Waals surface area contributed by atoms with Gasteiger partial charge in [0.25, 0.3) is 10.0 Å². The summed E-state index contributed by atoms with van der Waals surface area (Å²) in [6.45, 7) is 4.68. The maximum Gasteiger partial charge on any atom is 0.261 e. The van der Waals surface area contributed by atoms with Crippen molar-refractivity contribution in [2.75, 3.05) is 35.9 Å². The van der Waals surface area contributed by atoms with Gasteiger partial charge in [-0.2, -0.15) is 0 Å². The number of morpholine rings is 1. The fourth-order valence-corrected chi connectivity index (χ4v) is 5.35. The van der Waals surface area contributed by atoms with Crippen LogP contribution in [0.25, 0.3) is 22.0 Å². The minimum atomic E-state index is -3.88. The van der Waals surface area contributed by atoms with Gasteiger partial charge in [0.1, 0.15) is 5.82 Å². The van der Waals surface area contributed by atoms with E-state index in [2.05, 4.69) is 19.6 Å². The Morgan fingerprint density at radius 3 is 2.62 bits per heavy atom. The smallest absolute Gasteiger partial charge is 0.261 e. The van der Waals surface area contributed by atoms with E-state index < -0.39 is 10.0 Å². The van der Waals surface area contributed by atoms with Gasteiger partial charge in [0, 0.05) is 30.2 Å². The maximum absolute atomic E-state index is 13.3. The number of pyridine rings is 2. The first kappa shape index (κ1) is 22.6. The lowest BCUT2D eigenvalue weighted by Gasteiger charge is -2.28. The molecule has 2 aromatic carbocycles. The fourth-order valence-electron chi connectivity index (χ4n) is 4.00. The second-order valence-electron chi connectivity index (χ2n) is 8.08. The number of nitrogens with one attached hydrogen (secondary N) is 1. The predicted octanol–water partition coefficient (Wildman–Crippen LogP) is 4.90. The first-order valence-corrected chi connectivity index (χ1v) is 12.7. The molecule has 0 aliphatic carbocycles. The van der Waals surface area contributed by atoms with Gasteiger partial charge in [-0.05, 0) is 48.2 Å². The van der Waals surface area contributed by atoms with Crippen LogP contribution in [-0.2, 0) is 14.8 Å². The highest BCUT2D eigenvalue weighted by Gasteiger charge is 2.20. The number of nitrogens with zero attached hydrogens (tertiary/aromatic N) is 3. The fraction of sp³-hybridized carbons (Fsp3) is 0.200. The van der Waals surface area contributed by atoms with Gasteiger partial charge in [-0.15, -0.1) is 0 Å². The molecule has 7 nitrogen and oxygen atoms in total. The molecule has 34 heavy (non-hydrogen) atoms. The third kappa shape index (κ3) is 4.44. The van der Waals surface area contributed by atoms with E-state index in [1.165, 1.54) is 6.07 Å². The summed E-state index contributed by atoms with van der Waals surface area (Å²) >= 11 is 6.48. The third-order valence-corrected chi connectivity index (χ3v) is 7.55. The van der Waals surface area contributed by atoms with Gasteiger partial charge >= 0.3 is 0 Å². The quantitative estimate of drug-likeness (QED) is 0.425. The van der Waals surface area contributed by atoms with Crippen LogP contribution >= 0.6 is 11.6 Å². The van der Waals surface area contributed by atoms with Crippen LogP contribution in [0.4, 0.5) is 11.5 Å². The van der Waals surface area contributed by atoms with Gasteiger partial charge in [0.15, 0.2) is 0 Å². The van der Waals surface area contributed by atoms with Gasteiger partial charge in [-0.3, -0.25) is 9.71 Å². The lowest BCUT2D eigenvalue weighted by molar-refractivity contribution is 0.122. The number of halogens is 1. The van der Waals surface area contributed by atoms with Crippen LogP contribution in [0.15, 0.2) is 71.9 Å². The molecule has 5 rings (SSSR count). The first-order chi connectivity index (χ1) is 16.4. The molecule has 174 valence electrons. The van der Waals surface area contributed by atoms with E-state index in [1.807, 2.05) is 43.3 Å². The van der Waals surface area contributed by atoms with Crippen LogP contribution in [0, 0.1) is 6.92 Å². The Morgan fingerprint density at radius 2 is 1.82 bits per heavy atom. The topological polar surface area (TPSA) is 84.4 Å². The van der Waals surface area contributed by atoms with Gasteiger partial charge < -0.3 is 9.64 Å². The zero-order valence-electron chi connectivity index (χ0n) is 18.5. The number of hydrogen-bond acceptors (Lipinski definition) is 6. The lowest BCUT2D eigenvalue weighted by atomic mass is 10.0. The van der Waals surface area contributed by atoms with Crippen molar-refractivity contribution in [1.29, 1.82) is 0 Å². The van der Waals surface area contributed by atoms with Crippen molar-refractivity contribution in [3.05, 3.63) is 77.6 Å². The molecule has 2 aromatic heterocycles. The molecule has 4 aromatic rings. The summed E-state index contributed by atoms with van der Waals surface area (Å²) in [6.07, 6.45) is 3.25. The Kier molecular flexibility index (Phi) is 6.12. The number of aryl methyl sites for hydroxylation is 1. The highest BCUT2D eigenvalue weighted by Crippen LogP contribution is 2.34. The summed E-state index contributed by atoms with van der Waals surface area (Å²) in [5.74, 6) is 0.805. The minimum Gasteiger partial charge on any atom is -0.378 e. The molecule has 0 saturated carbocycles. The largest absolute Gasteiger partial charge is 0.378 e. The second-order valence-corrected chi connectivity index (χ2v) is 10.2. The molecule has 1 fully saturated rings. The summed E-state index contributed by atoms with van der Waals surface area (Å²) in [6, 6.07) is 16.2. The van der Waals surface area contributed by atoms with Crippen molar-refractivity contribution >= 4 is 43.9 Å². The molecule has 1 aliphatic heterocycles. The van der Waals surface area contributed by atoms with E-state index in [0.29, 0.717) is 35.2 Å². The SMILES string of the molecule is Cc1cc(N2CCOCC2)ncc1NS(=O)(=O)c1ccc(Cl)c(-c2nccc3ccccc23)c1. The number of hydrogen-bond donors (Lipinski definition) is 1. The van der Waals surface area contributed by atoms with E-state index in [4.69, 9.17) is 16.3 Å². The average Bonchev–Trinajstić information content (AvgIpc) is 2.85. The number of anilines is 2. The Labute approximate surface area is 203 Å². The van der Waals surface area contributed by atoms with Crippen LogP contribution in [0.5, 0.6) is 0 Å². The summed E-state index contributed by atoms with van der Waals surface area (Å²) in [5.41, 5.74) is 2.40. The van der Waals surface area contributed by atoms with E-state index in [9.17, 15) is 8.42 Å². The zero-order valence-corrected chi connectivity index (χ0v) is 20.1. The van der Waals surface area contributed by atoms with E-state index in [-0.39, 0.29) is 4.90 Å². The van der Waals surface area contributed by atoms with Crippen LogP contribution in [0.3, 0.4) is 0 Å². The van der Waals surface area contributed by atoms with E-state index in [0.717, 1.165) is 35.2 Å². The monoisotopic (exact) mass is 494 g/mol. The molecule has 0 atom stereocenters. The normalized spacial score (nSPS) is 14.4. The Hall–Kier alpha value is -3.20. The third-order valence-electron chi connectivity index (χ3n) is 5.85. The zero-order chi connectivity index (χ0) is 23.7. The Bertz CT molecular complexity index is 1470. The number of aromatic nitrogens is 2. The van der Waals surface area contributed by atoms with Crippen molar-refractivity contribution in [2.45, 2.75) is 11.8 Å². The number of ether oxygens (including phenoxy) is 1. The van der Waals surface area contributed by atoms with E-state index >= 15 is 0 Å². The summed E-state index contributed by atoms with van der Waals surface area (Å²) in [7, 11) is -3.88. The molecule has 0 radical (unpaired) electrons. The number of fused-ring (bicyclic) bond motifs is 1. The highest BCUT2D eigenvalue weighted by molar-refractivity contribution is 7.92. The number of benzene rings is 2.